The molecular formula is C16H15BrF2N2. The number of benzene rings is 2. The van der Waals surface area contributed by atoms with E-state index in [0.717, 1.165) is 27.2 Å². The molecule has 0 bridgehead atoms. The second kappa shape index (κ2) is 5.93. The lowest BCUT2D eigenvalue weighted by Crippen LogP contribution is -2.11. The average Bonchev–Trinajstić information content (AvgIpc) is 2.70. The van der Waals surface area contributed by atoms with Gasteiger partial charge in [-0.15, -0.1) is 0 Å². The van der Waals surface area contributed by atoms with Crippen molar-refractivity contribution in [3.8, 4) is 0 Å². The minimum absolute atomic E-state index is 0. The molecule has 0 fully saturated rings. The Kier molecular flexibility index (Phi) is 4.42. The molecule has 2 aromatic carbocycles. The summed E-state index contributed by atoms with van der Waals surface area (Å²) < 4.78 is 27.3. The Balaban J connectivity index is 0.00000161. The molecule has 0 aliphatic carbocycles. The minimum Gasteiger partial charge on any atom is -0.383 e. The molecule has 1 aliphatic rings. The van der Waals surface area contributed by atoms with E-state index < -0.39 is 11.6 Å². The maximum atomic E-state index is 13.2. The van der Waals surface area contributed by atoms with Gasteiger partial charge in [0.15, 0.2) is 0 Å². The molecule has 2 N–H and O–H groups in total. The van der Waals surface area contributed by atoms with Crippen molar-refractivity contribution in [2.75, 3.05) is 0 Å². The number of hydrogen-bond donors (Lipinski definition) is 1. The van der Waals surface area contributed by atoms with E-state index >= 15 is 0 Å². The van der Waals surface area contributed by atoms with Gasteiger partial charge in [-0.2, -0.15) is 0 Å². The van der Waals surface area contributed by atoms with Crippen molar-refractivity contribution >= 4 is 21.8 Å². The zero-order chi connectivity index (χ0) is 14.3. The first-order valence-electron chi connectivity index (χ1n) is 6.09. The summed E-state index contributed by atoms with van der Waals surface area (Å²) in [6.45, 7) is 0.578. The van der Waals surface area contributed by atoms with Gasteiger partial charge in [0, 0.05) is 16.1 Å². The van der Waals surface area contributed by atoms with Crippen LogP contribution in [0.25, 0.3) is 0 Å². The zero-order valence-corrected chi connectivity index (χ0v) is 12.0. The summed E-state index contributed by atoms with van der Waals surface area (Å²) in [5.74, 6) is -0.629. The van der Waals surface area contributed by atoms with Gasteiger partial charge >= 0.3 is 0 Å². The normalized spacial score (nSPS) is 12.6. The Labute approximate surface area is 130 Å². The molecule has 0 saturated carbocycles. The van der Waals surface area contributed by atoms with Crippen molar-refractivity contribution in [2.24, 2.45) is 10.7 Å². The highest BCUT2D eigenvalue weighted by atomic mass is 79.9. The summed E-state index contributed by atoms with van der Waals surface area (Å²) in [6.07, 6.45) is 0.426. The molecule has 0 atom stereocenters. The Morgan fingerprint density at radius 3 is 2.43 bits per heavy atom. The van der Waals surface area contributed by atoms with Crippen LogP contribution in [0.15, 0.2) is 39.8 Å². The molecule has 1 aliphatic heterocycles. The van der Waals surface area contributed by atoms with Crippen molar-refractivity contribution < 1.29 is 8.78 Å². The van der Waals surface area contributed by atoms with Gasteiger partial charge in [0.1, 0.15) is 17.5 Å². The van der Waals surface area contributed by atoms with E-state index in [1.807, 2.05) is 12.1 Å². The molecule has 21 heavy (non-hydrogen) atoms. The van der Waals surface area contributed by atoms with Crippen molar-refractivity contribution in [3.05, 3.63) is 68.7 Å². The molecule has 2 nitrogen and oxygen atoms in total. The van der Waals surface area contributed by atoms with Gasteiger partial charge in [-0.3, -0.25) is 4.99 Å². The fraction of sp³-hybridized carbons (Fsp3) is 0.188. The lowest BCUT2D eigenvalue weighted by Gasteiger charge is -2.09. The number of nitrogens with zero attached hydrogens (tertiary/aromatic N) is 1. The fourth-order valence-electron chi connectivity index (χ4n) is 2.35. The molecule has 3 rings (SSSR count). The van der Waals surface area contributed by atoms with Gasteiger partial charge in [-0.25, -0.2) is 8.78 Å². The third-order valence-corrected chi connectivity index (χ3v) is 4.02. The van der Waals surface area contributed by atoms with Crippen molar-refractivity contribution in [2.45, 2.75) is 20.4 Å². The van der Waals surface area contributed by atoms with E-state index in [4.69, 9.17) is 5.73 Å². The Hall–Kier alpha value is -1.75. The fourth-order valence-corrected chi connectivity index (χ4v) is 2.88. The number of halogens is 3. The molecule has 0 unspecified atom stereocenters. The zero-order valence-electron chi connectivity index (χ0n) is 10.5. The third kappa shape index (κ3) is 3.13. The van der Waals surface area contributed by atoms with Crippen molar-refractivity contribution in [3.63, 3.8) is 0 Å². The van der Waals surface area contributed by atoms with E-state index in [9.17, 15) is 8.78 Å². The lowest BCUT2D eigenvalue weighted by molar-refractivity contribution is 0.580. The largest absolute Gasteiger partial charge is 0.383 e. The Morgan fingerprint density at radius 1 is 1.10 bits per heavy atom. The number of amidine groups is 1. The smallest absolute Gasteiger partial charge is 0.126 e. The number of aliphatic imine (C=N–C) groups is 1. The lowest BCUT2D eigenvalue weighted by atomic mass is 9.99. The number of nitrogens with two attached hydrogens (primary N) is 1. The highest BCUT2D eigenvalue weighted by Gasteiger charge is 2.16. The van der Waals surface area contributed by atoms with Gasteiger partial charge in [0.05, 0.1) is 6.54 Å². The molecule has 0 amide bonds. The summed E-state index contributed by atoms with van der Waals surface area (Å²) in [4.78, 5) is 4.18. The summed E-state index contributed by atoms with van der Waals surface area (Å²) in [6, 6.07) is 7.42. The number of hydrogen-bond acceptors (Lipinski definition) is 2. The van der Waals surface area contributed by atoms with Crippen LogP contribution in [0.2, 0.25) is 0 Å². The standard InChI is InChI=1S/C15H11BrF2N2.CH4/c16-14-5-10-7-20-15(19)13(10)4-9(14)1-8-2-11(17)6-12(18)3-8;/h2-6H,1,7H2,(H2,19,20);1H4. The van der Waals surface area contributed by atoms with Gasteiger partial charge in [0.25, 0.3) is 0 Å². The maximum Gasteiger partial charge on any atom is 0.126 e. The molecule has 0 saturated heterocycles. The maximum absolute atomic E-state index is 13.2. The molecule has 0 spiro atoms. The molecule has 0 radical (unpaired) electrons. The van der Waals surface area contributed by atoms with Crippen LogP contribution in [-0.4, -0.2) is 5.84 Å². The van der Waals surface area contributed by atoms with Crippen LogP contribution in [0.3, 0.4) is 0 Å². The SMILES string of the molecule is C.NC1=NCc2cc(Br)c(Cc3cc(F)cc(F)c3)cc21. The van der Waals surface area contributed by atoms with Crippen LogP contribution in [0.4, 0.5) is 8.78 Å². The monoisotopic (exact) mass is 352 g/mol. The van der Waals surface area contributed by atoms with Crippen LogP contribution in [0.1, 0.15) is 29.7 Å². The van der Waals surface area contributed by atoms with Crippen LogP contribution in [-0.2, 0) is 13.0 Å². The van der Waals surface area contributed by atoms with E-state index in [1.54, 1.807) is 0 Å². The highest BCUT2D eigenvalue weighted by Crippen LogP contribution is 2.28. The van der Waals surface area contributed by atoms with Crippen LogP contribution in [0, 0.1) is 11.6 Å². The van der Waals surface area contributed by atoms with Crippen LogP contribution < -0.4 is 5.73 Å². The number of rotatable bonds is 2. The van der Waals surface area contributed by atoms with E-state index in [-0.39, 0.29) is 7.43 Å². The predicted octanol–water partition coefficient (Wildman–Crippen LogP) is 4.17. The first kappa shape index (κ1) is 15.6. The van der Waals surface area contributed by atoms with Gasteiger partial charge < -0.3 is 5.73 Å². The van der Waals surface area contributed by atoms with Crippen LogP contribution >= 0.6 is 15.9 Å². The predicted molar refractivity (Wildman–Crippen MR) is 84.5 cm³/mol. The molecule has 5 heteroatoms. The quantitative estimate of drug-likeness (QED) is 0.865. The Morgan fingerprint density at radius 2 is 1.76 bits per heavy atom. The molecular weight excluding hydrogens is 338 g/mol. The van der Waals surface area contributed by atoms with Crippen molar-refractivity contribution in [1.29, 1.82) is 0 Å². The Bertz CT molecular complexity index is 706. The van der Waals surface area contributed by atoms with Crippen molar-refractivity contribution in [1.82, 2.24) is 0 Å². The summed E-state index contributed by atoms with van der Waals surface area (Å²) in [5, 5.41) is 0. The average molecular weight is 353 g/mol. The number of fused-ring (bicyclic) bond motifs is 1. The third-order valence-electron chi connectivity index (χ3n) is 3.28. The second-order valence-electron chi connectivity index (χ2n) is 4.76. The van der Waals surface area contributed by atoms with Gasteiger partial charge in [-0.05, 0) is 47.4 Å². The first-order chi connectivity index (χ1) is 9.52. The molecule has 0 aromatic heterocycles. The molecule has 110 valence electrons. The molecule has 1 heterocycles. The second-order valence-corrected chi connectivity index (χ2v) is 5.61. The molecule has 2 aromatic rings. The highest BCUT2D eigenvalue weighted by molar-refractivity contribution is 9.10. The summed E-state index contributed by atoms with van der Waals surface area (Å²) >= 11 is 3.49. The van der Waals surface area contributed by atoms with E-state index in [0.29, 0.717) is 24.4 Å². The van der Waals surface area contributed by atoms with E-state index in [2.05, 4.69) is 20.9 Å². The first-order valence-corrected chi connectivity index (χ1v) is 6.89. The summed E-state index contributed by atoms with van der Waals surface area (Å²) in [7, 11) is 0. The topological polar surface area (TPSA) is 38.4 Å². The minimum atomic E-state index is -0.571. The van der Waals surface area contributed by atoms with E-state index in [1.165, 1.54) is 12.1 Å². The van der Waals surface area contributed by atoms with Gasteiger partial charge in [-0.1, -0.05) is 23.4 Å². The summed E-state index contributed by atoms with van der Waals surface area (Å²) in [5.41, 5.74) is 9.29. The van der Waals surface area contributed by atoms with Crippen LogP contribution in [0.5, 0.6) is 0 Å². The van der Waals surface area contributed by atoms with Gasteiger partial charge in [0.2, 0.25) is 0 Å².